The molecule has 0 aliphatic rings. The van der Waals surface area contributed by atoms with Crippen molar-refractivity contribution in [3.63, 3.8) is 0 Å². The monoisotopic (exact) mass is 306 g/mol. The highest BCUT2D eigenvalue weighted by Gasteiger charge is 2.10. The first-order valence-corrected chi connectivity index (χ1v) is 6.78. The molecule has 0 fully saturated rings. The number of hydrogen-bond donors (Lipinski definition) is 3. The molecule has 1 aromatic heterocycles. The fraction of sp³-hybridized carbons (Fsp3) is 0.214. The van der Waals surface area contributed by atoms with Crippen LogP contribution in [0.1, 0.15) is 17.4 Å². The van der Waals surface area contributed by atoms with Crippen LogP contribution >= 0.6 is 11.6 Å². The summed E-state index contributed by atoms with van der Waals surface area (Å²) < 4.78 is 0. The number of nitrogens with one attached hydrogen (secondary N) is 3. The molecule has 0 atom stereocenters. The van der Waals surface area contributed by atoms with E-state index in [0.717, 1.165) is 5.56 Å². The second kappa shape index (κ2) is 6.90. The van der Waals surface area contributed by atoms with Crippen molar-refractivity contribution >= 4 is 23.4 Å². The second-order valence-electron chi connectivity index (χ2n) is 4.42. The number of rotatable bonds is 5. The zero-order valence-corrected chi connectivity index (χ0v) is 12.2. The molecule has 0 bridgehead atoms. The van der Waals surface area contributed by atoms with Gasteiger partial charge in [-0.15, -0.1) is 0 Å². The highest BCUT2D eigenvalue weighted by Crippen LogP contribution is 2.21. The molecule has 2 aromatic rings. The highest BCUT2D eigenvalue weighted by atomic mass is 35.5. The van der Waals surface area contributed by atoms with Crippen molar-refractivity contribution in [2.24, 2.45) is 0 Å². The molecule has 2 amide bonds. The summed E-state index contributed by atoms with van der Waals surface area (Å²) in [7, 11) is 0. The van der Waals surface area contributed by atoms with E-state index < -0.39 is 0 Å². The number of hydrogen-bond acceptors (Lipinski definition) is 3. The van der Waals surface area contributed by atoms with Gasteiger partial charge >= 0.3 is 0 Å². The van der Waals surface area contributed by atoms with Crippen LogP contribution in [0.2, 0.25) is 5.02 Å². The molecule has 7 heteroatoms. The van der Waals surface area contributed by atoms with Crippen LogP contribution in [0.15, 0.2) is 30.3 Å². The zero-order valence-electron chi connectivity index (χ0n) is 11.4. The number of amides is 2. The fourth-order valence-corrected chi connectivity index (χ4v) is 1.93. The number of aromatic nitrogens is 2. The average molecular weight is 307 g/mol. The molecule has 0 spiro atoms. The Morgan fingerprint density at radius 1 is 1.24 bits per heavy atom. The summed E-state index contributed by atoms with van der Waals surface area (Å²) >= 11 is 5.92. The third-order valence-electron chi connectivity index (χ3n) is 2.73. The maximum absolute atomic E-state index is 11.9. The van der Waals surface area contributed by atoms with Crippen molar-refractivity contribution in [2.45, 2.75) is 6.92 Å². The van der Waals surface area contributed by atoms with E-state index in [1.807, 2.05) is 12.1 Å². The van der Waals surface area contributed by atoms with Crippen LogP contribution in [0.4, 0.5) is 0 Å². The molecular formula is C14H15ClN4O2. The second-order valence-corrected chi connectivity index (χ2v) is 4.85. The maximum atomic E-state index is 11.9. The van der Waals surface area contributed by atoms with Gasteiger partial charge in [0, 0.05) is 30.6 Å². The molecule has 0 radical (unpaired) electrons. The summed E-state index contributed by atoms with van der Waals surface area (Å²) in [6, 6.07) is 8.88. The Hall–Kier alpha value is -2.34. The van der Waals surface area contributed by atoms with E-state index in [1.165, 1.54) is 6.92 Å². The lowest BCUT2D eigenvalue weighted by Crippen LogP contribution is -2.33. The maximum Gasteiger partial charge on any atom is 0.269 e. The molecule has 0 saturated heterocycles. The van der Waals surface area contributed by atoms with E-state index >= 15 is 0 Å². The Bertz CT molecular complexity index is 654. The van der Waals surface area contributed by atoms with Gasteiger partial charge in [-0.05, 0) is 18.2 Å². The minimum atomic E-state index is -0.277. The van der Waals surface area contributed by atoms with Gasteiger partial charge < -0.3 is 10.6 Å². The molecule has 0 aliphatic carbocycles. The Balaban J connectivity index is 1.96. The van der Waals surface area contributed by atoms with Crippen molar-refractivity contribution < 1.29 is 9.59 Å². The number of H-pyrrole nitrogens is 1. The molecule has 1 heterocycles. The third kappa shape index (κ3) is 4.32. The van der Waals surface area contributed by atoms with E-state index in [2.05, 4.69) is 20.8 Å². The predicted molar refractivity (Wildman–Crippen MR) is 80.1 cm³/mol. The van der Waals surface area contributed by atoms with Gasteiger partial charge in [0.25, 0.3) is 5.91 Å². The van der Waals surface area contributed by atoms with Crippen molar-refractivity contribution in [1.82, 2.24) is 20.8 Å². The van der Waals surface area contributed by atoms with Gasteiger partial charge in [-0.25, -0.2) is 0 Å². The smallest absolute Gasteiger partial charge is 0.269 e. The van der Waals surface area contributed by atoms with Crippen LogP contribution in [-0.2, 0) is 4.79 Å². The van der Waals surface area contributed by atoms with Crippen LogP contribution in [0.3, 0.4) is 0 Å². The number of carbonyl (C=O) groups is 2. The first kappa shape index (κ1) is 15.1. The van der Waals surface area contributed by atoms with Crippen LogP contribution in [-0.4, -0.2) is 35.1 Å². The van der Waals surface area contributed by atoms with Crippen LogP contribution in [0, 0.1) is 0 Å². The van der Waals surface area contributed by atoms with Crippen molar-refractivity contribution in [2.75, 3.05) is 13.1 Å². The largest absolute Gasteiger partial charge is 0.355 e. The molecule has 110 valence electrons. The van der Waals surface area contributed by atoms with Crippen LogP contribution in [0.5, 0.6) is 0 Å². The van der Waals surface area contributed by atoms with Crippen molar-refractivity contribution in [3.05, 3.63) is 41.0 Å². The number of aromatic amines is 1. The van der Waals surface area contributed by atoms with Gasteiger partial charge in [0.05, 0.1) is 5.69 Å². The first-order valence-electron chi connectivity index (χ1n) is 6.40. The van der Waals surface area contributed by atoms with Gasteiger partial charge in [-0.2, -0.15) is 5.10 Å². The fourth-order valence-electron chi connectivity index (χ4n) is 1.74. The Kier molecular flexibility index (Phi) is 4.94. The zero-order chi connectivity index (χ0) is 15.2. The molecule has 6 nitrogen and oxygen atoms in total. The van der Waals surface area contributed by atoms with E-state index in [1.54, 1.807) is 18.2 Å². The Morgan fingerprint density at radius 3 is 2.71 bits per heavy atom. The summed E-state index contributed by atoms with van der Waals surface area (Å²) in [6.07, 6.45) is 0. The summed E-state index contributed by atoms with van der Waals surface area (Å²) in [5.74, 6) is -0.407. The Labute approximate surface area is 126 Å². The minimum Gasteiger partial charge on any atom is -0.355 e. The molecule has 0 saturated carbocycles. The van der Waals surface area contributed by atoms with Gasteiger partial charge in [-0.1, -0.05) is 23.7 Å². The molecule has 0 aliphatic heterocycles. The quantitative estimate of drug-likeness (QED) is 0.733. The SMILES string of the molecule is CC(=O)NCCNC(=O)c1cc(-c2cccc(Cl)c2)n[nH]1. The molecule has 21 heavy (non-hydrogen) atoms. The lowest BCUT2D eigenvalue weighted by atomic mass is 10.1. The lowest BCUT2D eigenvalue weighted by molar-refractivity contribution is -0.118. The van der Waals surface area contributed by atoms with Gasteiger partial charge in [0.1, 0.15) is 5.69 Å². The third-order valence-corrected chi connectivity index (χ3v) is 2.96. The lowest BCUT2D eigenvalue weighted by Gasteiger charge is -2.03. The summed E-state index contributed by atoms with van der Waals surface area (Å²) in [5.41, 5.74) is 1.83. The Morgan fingerprint density at radius 2 is 2.00 bits per heavy atom. The van der Waals surface area contributed by atoms with Crippen LogP contribution in [0.25, 0.3) is 11.3 Å². The van der Waals surface area contributed by atoms with Gasteiger partial charge in [0.2, 0.25) is 5.91 Å². The molecule has 1 aromatic carbocycles. The summed E-state index contributed by atoms with van der Waals surface area (Å²) in [6.45, 7) is 2.16. The molecule has 2 rings (SSSR count). The van der Waals surface area contributed by atoms with Gasteiger partial charge in [-0.3, -0.25) is 14.7 Å². The first-order chi connectivity index (χ1) is 10.1. The van der Waals surface area contributed by atoms with Crippen LogP contribution < -0.4 is 10.6 Å². The van der Waals surface area contributed by atoms with E-state index in [9.17, 15) is 9.59 Å². The molecule has 3 N–H and O–H groups in total. The normalized spacial score (nSPS) is 10.2. The summed E-state index contributed by atoms with van der Waals surface area (Å²) in [4.78, 5) is 22.6. The standard InChI is InChI=1S/C14H15ClN4O2/c1-9(20)16-5-6-17-14(21)13-8-12(18-19-13)10-3-2-4-11(15)7-10/h2-4,7-8H,5-6H2,1H3,(H,16,20)(H,17,21)(H,18,19). The number of benzene rings is 1. The molecule has 0 unspecified atom stereocenters. The number of carbonyl (C=O) groups excluding carboxylic acids is 2. The van der Waals surface area contributed by atoms with Crippen molar-refractivity contribution in [3.8, 4) is 11.3 Å². The highest BCUT2D eigenvalue weighted by molar-refractivity contribution is 6.30. The van der Waals surface area contributed by atoms with E-state index in [4.69, 9.17) is 11.6 Å². The topological polar surface area (TPSA) is 86.9 Å². The van der Waals surface area contributed by atoms with Gasteiger partial charge in [0.15, 0.2) is 0 Å². The van der Waals surface area contributed by atoms with E-state index in [-0.39, 0.29) is 11.8 Å². The predicted octanol–water partition coefficient (Wildman–Crippen LogP) is 1.60. The number of nitrogens with zero attached hydrogens (tertiary/aromatic N) is 1. The average Bonchev–Trinajstić information content (AvgIpc) is 2.93. The van der Waals surface area contributed by atoms with Crippen molar-refractivity contribution in [1.29, 1.82) is 0 Å². The summed E-state index contributed by atoms with van der Waals surface area (Å²) in [5, 5.41) is 12.7. The van der Waals surface area contributed by atoms with E-state index in [0.29, 0.717) is 29.5 Å². The molecular weight excluding hydrogens is 292 g/mol. The minimum absolute atomic E-state index is 0.131. The number of halogens is 1.